The van der Waals surface area contributed by atoms with Gasteiger partial charge in [0.05, 0.1) is 28.0 Å². The molecule has 3 heterocycles. The van der Waals surface area contributed by atoms with Crippen LogP contribution in [0.4, 0.5) is 5.82 Å². The second-order valence-electron chi connectivity index (χ2n) is 7.50. The fraction of sp³-hybridized carbons (Fsp3) is 0.526. The van der Waals surface area contributed by atoms with E-state index < -0.39 is 0 Å². The summed E-state index contributed by atoms with van der Waals surface area (Å²) in [6.45, 7) is 7.63. The number of rotatable bonds is 4. The van der Waals surface area contributed by atoms with Crippen molar-refractivity contribution in [1.82, 2.24) is 15.0 Å². The first-order valence-corrected chi connectivity index (χ1v) is 9.80. The van der Waals surface area contributed by atoms with Gasteiger partial charge in [0.2, 0.25) is 0 Å². The van der Waals surface area contributed by atoms with Gasteiger partial charge in [-0.15, -0.1) is 0 Å². The number of aromatic nitrogens is 3. The van der Waals surface area contributed by atoms with Gasteiger partial charge in [-0.3, -0.25) is 4.98 Å². The van der Waals surface area contributed by atoms with E-state index in [2.05, 4.69) is 28.7 Å². The quantitative estimate of drug-likeness (QED) is 0.801. The van der Waals surface area contributed by atoms with E-state index in [1.807, 2.05) is 6.92 Å². The van der Waals surface area contributed by atoms with E-state index >= 15 is 0 Å². The molecular weight excluding hydrogens is 385 g/mol. The van der Waals surface area contributed by atoms with Gasteiger partial charge in [0.1, 0.15) is 5.69 Å². The molecule has 1 aliphatic heterocycles. The fourth-order valence-electron chi connectivity index (χ4n) is 3.43. The maximum atomic E-state index is 9.90. The van der Waals surface area contributed by atoms with Crippen LogP contribution in [0.5, 0.6) is 0 Å². The van der Waals surface area contributed by atoms with Gasteiger partial charge in [-0.25, -0.2) is 9.97 Å². The van der Waals surface area contributed by atoms with Crippen molar-refractivity contribution in [3.05, 3.63) is 33.8 Å². The molecule has 0 unspecified atom stereocenters. The summed E-state index contributed by atoms with van der Waals surface area (Å²) in [5.74, 6) is 0.719. The molecule has 1 aliphatic rings. The molecule has 2 aromatic heterocycles. The lowest BCUT2D eigenvalue weighted by molar-refractivity contribution is 0.204. The molecule has 1 fully saturated rings. The normalized spacial score (nSPS) is 17.8. The predicted molar refractivity (Wildman–Crippen MR) is 109 cm³/mol. The number of aliphatic hydroxyl groups excluding tert-OH is 1. The number of pyridine rings is 1. The first-order valence-electron chi connectivity index (χ1n) is 9.05. The van der Waals surface area contributed by atoms with E-state index in [9.17, 15) is 5.11 Å². The minimum Gasteiger partial charge on any atom is -0.390 e. The van der Waals surface area contributed by atoms with Crippen LogP contribution in [0.3, 0.4) is 0 Å². The number of nitrogens with two attached hydrogens (primary N) is 1. The summed E-state index contributed by atoms with van der Waals surface area (Å²) >= 11 is 12.4. The molecule has 6 nitrogen and oxygen atoms in total. The largest absolute Gasteiger partial charge is 0.390 e. The van der Waals surface area contributed by atoms with Gasteiger partial charge in [0, 0.05) is 37.1 Å². The molecule has 27 heavy (non-hydrogen) atoms. The SMILES string of the molecule is Cc1nc(N2CCC(C)([C@@H](C)N)CC2)c(CO)nc1-c1cncc(Cl)c1Cl. The van der Waals surface area contributed by atoms with Crippen molar-refractivity contribution in [2.75, 3.05) is 18.0 Å². The molecule has 1 atom stereocenters. The first-order chi connectivity index (χ1) is 12.8. The lowest BCUT2D eigenvalue weighted by Crippen LogP contribution is -2.47. The Hall–Kier alpha value is -1.47. The molecule has 2 aromatic rings. The summed E-state index contributed by atoms with van der Waals surface area (Å²) in [5, 5.41) is 10.6. The van der Waals surface area contributed by atoms with Crippen molar-refractivity contribution >= 4 is 29.0 Å². The fourth-order valence-corrected chi connectivity index (χ4v) is 3.77. The minimum absolute atomic E-state index is 0.123. The lowest BCUT2D eigenvalue weighted by Gasteiger charge is -2.42. The van der Waals surface area contributed by atoms with Crippen LogP contribution < -0.4 is 10.6 Å². The number of piperidine rings is 1. The molecule has 0 saturated carbocycles. The van der Waals surface area contributed by atoms with E-state index in [-0.39, 0.29) is 18.1 Å². The average molecular weight is 410 g/mol. The zero-order valence-electron chi connectivity index (χ0n) is 15.8. The Balaban J connectivity index is 1.95. The molecule has 0 bridgehead atoms. The van der Waals surface area contributed by atoms with Crippen LogP contribution in [0.25, 0.3) is 11.3 Å². The van der Waals surface area contributed by atoms with Crippen molar-refractivity contribution in [3.63, 3.8) is 0 Å². The molecule has 1 saturated heterocycles. The number of hydrogen-bond acceptors (Lipinski definition) is 6. The summed E-state index contributed by atoms with van der Waals surface area (Å²) in [7, 11) is 0. The van der Waals surface area contributed by atoms with Crippen molar-refractivity contribution in [3.8, 4) is 11.3 Å². The van der Waals surface area contributed by atoms with Crippen LogP contribution in [-0.2, 0) is 6.61 Å². The molecule has 0 aliphatic carbocycles. The van der Waals surface area contributed by atoms with Crippen molar-refractivity contribution in [2.45, 2.75) is 46.3 Å². The Bertz CT molecular complexity index is 835. The van der Waals surface area contributed by atoms with Crippen molar-refractivity contribution in [2.24, 2.45) is 11.1 Å². The Morgan fingerprint density at radius 2 is 1.93 bits per heavy atom. The van der Waals surface area contributed by atoms with Gasteiger partial charge >= 0.3 is 0 Å². The van der Waals surface area contributed by atoms with E-state index in [1.165, 1.54) is 6.20 Å². The Morgan fingerprint density at radius 1 is 1.26 bits per heavy atom. The second-order valence-corrected chi connectivity index (χ2v) is 8.28. The van der Waals surface area contributed by atoms with Crippen LogP contribution in [0.2, 0.25) is 10.0 Å². The third-order valence-electron chi connectivity index (χ3n) is 5.67. The molecule has 0 aromatic carbocycles. The predicted octanol–water partition coefficient (Wildman–Crippen LogP) is 3.60. The maximum absolute atomic E-state index is 9.90. The minimum atomic E-state index is -0.206. The summed E-state index contributed by atoms with van der Waals surface area (Å²) in [4.78, 5) is 15.7. The standard InChI is InChI=1S/C19H25Cl2N5O/c1-11-17(13-8-23-9-14(20)16(13)21)25-15(10-27)18(24-11)26-6-4-19(3,5-7-26)12(2)22/h8-9,12,27H,4-7,10,22H2,1-3H3/t12-/m1/s1. The highest BCUT2D eigenvalue weighted by molar-refractivity contribution is 6.43. The first kappa shape index (κ1) is 20.3. The lowest BCUT2D eigenvalue weighted by atomic mass is 9.75. The third kappa shape index (κ3) is 3.90. The highest BCUT2D eigenvalue weighted by Crippen LogP contribution is 2.37. The summed E-state index contributed by atoms with van der Waals surface area (Å²) in [6.07, 6.45) is 5.05. The molecule has 0 spiro atoms. The van der Waals surface area contributed by atoms with E-state index in [1.54, 1.807) is 6.20 Å². The molecule has 8 heteroatoms. The Morgan fingerprint density at radius 3 is 2.52 bits per heavy atom. The van der Waals surface area contributed by atoms with Crippen LogP contribution in [0.1, 0.15) is 38.1 Å². The maximum Gasteiger partial charge on any atom is 0.153 e. The number of anilines is 1. The molecular formula is C19H25Cl2N5O. The second kappa shape index (κ2) is 7.87. The Labute approximate surface area is 169 Å². The van der Waals surface area contributed by atoms with Crippen LogP contribution in [-0.4, -0.2) is 39.2 Å². The zero-order valence-corrected chi connectivity index (χ0v) is 17.3. The van der Waals surface area contributed by atoms with Crippen LogP contribution in [0.15, 0.2) is 12.4 Å². The summed E-state index contributed by atoms with van der Waals surface area (Å²) in [6, 6.07) is 0.143. The molecule has 0 radical (unpaired) electrons. The van der Waals surface area contributed by atoms with Gasteiger partial charge in [0.15, 0.2) is 5.82 Å². The molecule has 146 valence electrons. The molecule has 0 amide bonds. The summed E-state index contributed by atoms with van der Waals surface area (Å²) in [5.41, 5.74) is 8.72. The van der Waals surface area contributed by atoms with Crippen molar-refractivity contribution in [1.29, 1.82) is 0 Å². The number of halogens is 2. The van der Waals surface area contributed by atoms with Gasteiger partial charge in [-0.1, -0.05) is 30.1 Å². The van der Waals surface area contributed by atoms with E-state index in [4.69, 9.17) is 33.9 Å². The van der Waals surface area contributed by atoms with Crippen LogP contribution >= 0.6 is 23.2 Å². The topological polar surface area (TPSA) is 88.2 Å². The highest BCUT2D eigenvalue weighted by atomic mass is 35.5. The van der Waals surface area contributed by atoms with E-state index in [0.717, 1.165) is 31.7 Å². The number of hydrogen-bond donors (Lipinski definition) is 2. The smallest absolute Gasteiger partial charge is 0.153 e. The monoisotopic (exact) mass is 409 g/mol. The molecule has 3 rings (SSSR count). The zero-order chi connectivity index (χ0) is 19.8. The highest BCUT2D eigenvalue weighted by Gasteiger charge is 2.34. The average Bonchev–Trinajstić information content (AvgIpc) is 2.64. The summed E-state index contributed by atoms with van der Waals surface area (Å²) < 4.78 is 0. The van der Waals surface area contributed by atoms with Gasteiger partial charge in [-0.2, -0.15) is 0 Å². The van der Waals surface area contributed by atoms with Gasteiger partial charge in [-0.05, 0) is 32.1 Å². The van der Waals surface area contributed by atoms with E-state index in [0.29, 0.717) is 32.7 Å². The number of aliphatic hydroxyl groups is 1. The van der Waals surface area contributed by atoms with Crippen LogP contribution in [0, 0.1) is 12.3 Å². The number of nitrogens with zero attached hydrogens (tertiary/aromatic N) is 4. The third-order valence-corrected chi connectivity index (χ3v) is 6.46. The van der Waals surface area contributed by atoms with Gasteiger partial charge < -0.3 is 15.7 Å². The molecule has 3 N–H and O–H groups in total. The number of aryl methyl sites for hydroxylation is 1. The van der Waals surface area contributed by atoms with Gasteiger partial charge in [0.25, 0.3) is 0 Å². The van der Waals surface area contributed by atoms with Crippen molar-refractivity contribution < 1.29 is 5.11 Å². The Kier molecular flexibility index (Phi) is 5.91.